The molecule has 0 saturated carbocycles. The molecule has 2 aliphatic heterocycles. The number of nitrogens with one attached hydrogen (secondary N) is 1. The number of nitrogens with zero attached hydrogens (tertiary/aromatic N) is 2. The fourth-order valence-electron chi connectivity index (χ4n) is 4.79. The standard InChI is InChI=1S/C25H21N3O8S2/c29-21(25(33)34)26-22-20(24(31)32)17-10-15(27(13-18(17)37-22)11-14-6-2-1-3-7-14)12-28-23(30)16-8-4-5-9-19(16)38(28,35)36/h1-9,15H,10-13H2,(H,26,29)(H,31,32)(H,33,34). The van der Waals surface area contributed by atoms with Crippen molar-refractivity contribution in [3.8, 4) is 0 Å². The van der Waals surface area contributed by atoms with Gasteiger partial charge in [0.1, 0.15) is 9.90 Å². The van der Waals surface area contributed by atoms with E-state index in [-0.39, 0.29) is 40.5 Å². The molecule has 0 fully saturated rings. The number of amides is 2. The van der Waals surface area contributed by atoms with E-state index < -0.39 is 39.8 Å². The Balaban J connectivity index is 1.53. The average Bonchev–Trinajstić information content (AvgIpc) is 3.32. The highest BCUT2D eigenvalue weighted by molar-refractivity contribution is 7.90. The zero-order valence-electron chi connectivity index (χ0n) is 19.7. The minimum atomic E-state index is -4.09. The van der Waals surface area contributed by atoms with Crippen LogP contribution >= 0.6 is 11.3 Å². The second-order valence-corrected chi connectivity index (χ2v) is 11.8. The van der Waals surface area contributed by atoms with E-state index in [1.54, 1.807) is 12.1 Å². The van der Waals surface area contributed by atoms with Gasteiger partial charge in [0.15, 0.2) is 0 Å². The summed E-state index contributed by atoms with van der Waals surface area (Å²) in [5, 5.41) is 20.9. The van der Waals surface area contributed by atoms with E-state index in [2.05, 4.69) is 5.32 Å². The van der Waals surface area contributed by atoms with Crippen LogP contribution in [0.4, 0.5) is 5.00 Å². The number of carboxylic acid groups (broad SMARTS) is 2. The summed E-state index contributed by atoms with van der Waals surface area (Å²) in [5.74, 6) is -5.12. The van der Waals surface area contributed by atoms with Gasteiger partial charge in [-0.15, -0.1) is 11.3 Å². The van der Waals surface area contributed by atoms with Crippen LogP contribution in [0.25, 0.3) is 0 Å². The van der Waals surface area contributed by atoms with Crippen LogP contribution in [-0.2, 0) is 39.1 Å². The van der Waals surface area contributed by atoms with Crippen molar-refractivity contribution in [1.82, 2.24) is 9.21 Å². The van der Waals surface area contributed by atoms with Crippen molar-refractivity contribution >= 4 is 50.1 Å². The van der Waals surface area contributed by atoms with Crippen molar-refractivity contribution in [3.05, 3.63) is 81.7 Å². The molecule has 1 atom stereocenters. The Bertz CT molecular complexity index is 1580. The van der Waals surface area contributed by atoms with E-state index in [4.69, 9.17) is 5.11 Å². The number of aromatic carboxylic acids is 1. The van der Waals surface area contributed by atoms with E-state index in [0.29, 0.717) is 17.0 Å². The third kappa shape index (κ3) is 4.44. The van der Waals surface area contributed by atoms with Gasteiger partial charge >= 0.3 is 17.8 Å². The van der Waals surface area contributed by atoms with Crippen LogP contribution in [0.1, 0.15) is 36.7 Å². The molecule has 0 bridgehead atoms. The van der Waals surface area contributed by atoms with Gasteiger partial charge in [-0.05, 0) is 29.7 Å². The van der Waals surface area contributed by atoms with Crippen LogP contribution in [0.3, 0.4) is 0 Å². The van der Waals surface area contributed by atoms with Gasteiger partial charge in [-0.2, -0.15) is 0 Å². The minimum Gasteiger partial charge on any atom is -0.478 e. The van der Waals surface area contributed by atoms with Crippen LogP contribution in [0.5, 0.6) is 0 Å². The summed E-state index contributed by atoms with van der Waals surface area (Å²) in [5.41, 5.74) is 1.15. The number of hydrogen-bond acceptors (Lipinski definition) is 8. The summed E-state index contributed by atoms with van der Waals surface area (Å²) in [7, 11) is -4.09. The second kappa shape index (κ2) is 9.67. The summed E-state index contributed by atoms with van der Waals surface area (Å²) in [6.07, 6.45) is 0.0683. The van der Waals surface area contributed by atoms with Gasteiger partial charge in [0.2, 0.25) is 0 Å². The first-order chi connectivity index (χ1) is 18.1. The summed E-state index contributed by atoms with van der Waals surface area (Å²) in [4.78, 5) is 50.6. The highest BCUT2D eigenvalue weighted by Crippen LogP contribution is 2.40. The highest BCUT2D eigenvalue weighted by atomic mass is 32.2. The first kappa shape index (κ1) is 25.6. The van der Waals surface area contributed by atoms with Crippen molar-refractivity contribution in [3.63, 3.8) is 0 Å². The molecule has 0 aliphatic carbocycles. The SMILES string of the molecule is O=C(O)C(=O)Nc1sc2c(c1C(=O)O)CC(CN1C(=O)c3ccccc3S1(=O)=O)N(Cc1ccccc1)C2. The van der Waals surface area contributed by atoms with Gasteiger partial charge in [-0.3, -0.25) is 14.5 Å². The molecule has 2 aliphatic rings. The topological polar surface area (TPSA) is 161 Å². The molecule has 196 valence electrons. The maximum absolute atomic E-state index is 13.2. The van der Waals surface area contributed by atoms with Crippen molar-refractivity contribution in [2.45, 2.75) is 30.4 Å². The van der Waals surface area contributed by atoms with Crippen molar-refractivity contribution < 1.29 is 37.8 Å². The Morgan fingerprint density at radius 3 is 2.37 bits per heavy atom. The first-order valence-corrected chi connectivity index (χ1v) is 13.7. The van der Waals surface area contributed by atoms with E-state index in [9.17, 15) is 32.7 Å². The molecule has 1 unspecified atom stereocenters. The minimum absolute atomic E-state index is 0.0683. The number of thiophene rings is 1. The fourth-order valence-corrected chi connectivity index (χ4v) is 7.64. The Morgan fingerprint density at radius 1 is 1.03 bits per heavy atom. The monoisotopic (exact) mass is 555 g/mol. The van der Waals surface area contributed by atoms with Crippen molar-refractivity contribution in [2.24, 2.45) is 0 Å². The van der Waals surface area contributed by atoms with Gasteiger partial charge in [0, 0.05) is 24.0 Å². The number of benzene rings is 2. The van der Waals surface area contributed by atoms with Gasteiger partial charge in [0.05, 0.1) is 17.7 Å². The van der Waals surface area contributed by atoms with E-state index >= 15 is 0 Å². The molecule has 0 saturated heterocycles. The number of fused-ring (bicyclic) bond motifs is 2. The zero-order valence-corrected chi connectivity index (χ0v) is 21.3. The normalized spacial score (nSPS) is 18.1. The average molecular weight is 556 g/mol. The van der Waals surface area contributed by atoms with Gasteiger partial charge < -0.3 is 15.5 Å². The molecule has 3 heterocycles. The van der Waals surface area contributed by atoms with Gasteiger partial charge in [-0.25, -0.2) is 22.3 Å². The maximum atomic E-state index is 13.2. The number of sulfonamides is 1. The molecule has 0 spiro atoms. The number of rotatable bonds is 6. The number of carbonyl (C=O) groups is 4. The Hall–Kier alpha value is -4.07. The Kier molecular flexibility index (Phi) is 6.51. The number of anilines is 1. The molecule has 2 amide bonds. The number of hydrogen-bond donors (Lipinski definition) is 3. The molecule has 38 heavy (non-hydrogen) atoms. The third-order valence-corrected chi connectivity index (χ3v) is 9.48. The molecule has 13 heteroatoms. The number of carbonyl (C=O) groups excluding carboxylic acids is 2. The number of aliphatic carboxylic acids is 1. The molecular weight excluding hydrogens is 534 g/mol. The van der Waals surface area contributed by atoms with E-state index in [0.717, 1.165) is 21.2 Å². The van der Waals surface area contributed by atoms with Crippen LogP contribution in [0, 0.1) is 0 Å². The fraction of sp³-hybridized carbons (Fsp3) is 0.200. The third-order valence-electron chi connectivity index (χ3n) is 6.55. The van der Waals surface area contributed by atoms with Crippen LogP contribution in [0.2, 0.25) is 0 Å². The summed E-state index contributed by atoms with van der Waals surface area (Å²) in [6, 6.07) is 14.7. The lowest BCUT2D eigenvalue weighted by Gasteiger charge is -2.37. The van der Waals surface area contributed by atoms with Crippen LogP contribution < -0.4 is 5.32 Å². The lowest BCUT2D eigenvalue weighted by Crippen LogP contribution is -2.48. The van der Waals surface area contributed by atoms with Crippen molar-refractivity contribution in [2.75, 3.05) is 11.9 Å². The smallest absolute Gasteiger partial charge is 0.394 e. The van der Waals surface area contributed by atoms with Crippen LogP contribution in [0.15, 0.2) is 59.5 Å². The molecule has 3 aromatic rings. The summed E-state index contributed by atoms with van der Waals surface area (Å²) in [6.45, 7) is 0.378. The zero-order chi connectivity index (χ0) is 27.2. The quantitative estimate of drug-likeness (QED) is 0.387. The summed E-state index contributed by atoms with van der Waals surface area (Å²) >= 11 is 0.969. The largest absolute Gasteiger partial charge is 0.478 e. The molecule has 3 N–H and O–H groups in total. The van der Waals surface area contributed by atoms with E-state index in [1.165, 1.54) is 12.1 Å². The molecule has 0 radical (unpaired) electrons. The van der Waals surface area contributed by atoms with Crippen molar-refractivity contribution in [1.29, 1.82) is 0 Å². The summed E-state index contributed by atoms with van der Waals surface area (Å²) < 4.78 is 27.3. The second-order valence-electron chi connectivity index (χ2n) is 8.86. The molecular formula is C25H21N3O8S2. The predicted molar refractivity (Wildman–Crippen MR) is 135 cm³/mol. The molecule has 11 nitrogen and oxygen atoms in total. The van der Waals surface area contributed by atoms with E-state index in [1.807, 2.05) is 35.2 Å². The molecule has 2 aromatic carbocycles. The highest BCUT2D eigenvalue weighted by Gasteiger charge is 2.44. The molecule has 5 rings (SSSR count). The van der Waals surface area contributed by atoms with Crippen LogP contribution in [-0.4, -0.2) is 64.2 Å². The maximum Gasteiger partial charge on any atom is 0.394 e. The van der Waals surface area contributed by atoms with Gasteiger partial charge in [0.25, 0.3) is 15.9 Å². The first-order valence-electron chi connectivity index (χ1n) is 11.4. The van der Waals surface area contributed by atoms with Gasteiger partial charge in [-0.1, -0.05) is 42.5 Å². The lowest BCUT2D eigenvalue weighted by atomic mass is 9.95. The Morgan fingerprint density at radius 2 is 1.71 bits per heavy atom. The predicted octanol–water partition coefficient (Wildman–Crippen LogP) is 2.24. The Labute approximate surface area is 221 Å². The molecule has 1 aromatic heterocycles. The lowest BCUT2D eigenvalue weighted by molar-refractivity contribution is -0.147. The number of carboxylic acids is 2.